The number of hydrogen-bond acceptors (Lipinski definition) is 6. The van der Waals surface area contributed by atoms with E-state index in [2.05, 4.69) is 69.4 Å². The van der Waals surface area contributed by atoms with Crippen LogP contribution in [0.3, 0.4) is 0 Å². The van der Waals surface area contributed by atoms with Crippen molar-refractivity contribution in [2.75, 3.05) is 13.2 Å². The smallest absolute Gasteiger partial charge is 0.306 e. The summed E-state index contributed by atoms with van der Waals surface area (Å²) < 4.78 is 16.6. The van der Waals surface area contributed by atoms with Crippen LogP contribution in [0.4, 0.5) is 0 Å². The van der Waals surface area contributed by atoms with Crippen molar-refractivity contribution >= 4 is 17.9 Å². The summed E-state index contributed by atoms with van der Waals surface area (Å²) >= 11 is 0. The molecule has 0 saturated heterocycles. The molecule has 0 aliphatic heterocycles. The average molecular weight is 775 g/mol. The number of unbranched alkanes of at least 4 members (excludes halogenated alkanes) is 13. The van der Waals surface area contributed by atoms with Crippen LogP contribution in [0.1, 0.15) is 168 Å². The lowest BCUT2D eigenvalue weighted by Gasteiger charge is -2.18. The maximum absolute atomic E-state index is 12.7. The fourth-order valence-electron chi connectivity index (χ4n) is 5.43. The van der Waals surface area contributed by atoms with E-state index in [1.807, 2.05) is 60.8 Å². The molecular formula is C50H78O6. The molecule has 0 saturated carbocycles. The normalized spacial score (nSPS) is 13.1. The summed E-state index contributed by atoms with van der Waals surface area (Å²) in [7, 11) is 0. The maximum atomic E-state index is 12.7. The van der Waals surface area contributed by atoms with Crippen LogP contribution in [0.25, 0.3) is 0 Å². The third-order valence-electron chi connectivity index (χ3n) is 8.68. The van der Waals surface area contributed by atoms with Crippen molar-refractivity contribution in [1.82, 2.24) is 0 Å². The molecule has 1 atom stereocenters. The molecule has 0 fully saturated rings. The minimum atomic E-state index is -0.814. The van der Waals surface area contributed by atoms with Gasteiger partial charge in [0, 0.05) is 19.3 Å². The fraction of sp³-hybridized carbons (Fsp3) is 0.580. The van der Waals surface area contributed by atoms with Gasteiger partial charge >= 0.3 is 17.9 Å². The molecule has 0 spiro atoms. The molecule has 0 rings (SSSR count). The highest BCUT2D eigenvalue weighted by Crippen LogP contribution is 2.12. The van der Waals surface area contributed by atoms with Gasteiger partial charge < -0.3 is 14.2 Å². The number of rotatable bonds is 37. The lowest BCUT2D eigenvalue weighted by atomic mass is 10.1. The van der Waals surface area contributed by atoms with Gasteiger partial charge in [-0.1, -0.05) is 188 Å². The van der Waals surface area contributed by atoms with Gasteiger partial charge in [-0.2, -0.15) is 0 Å². The van der Waals surface area contributed by atoms with E-state index < -0.39 is 6.10 Å². The molecule has 0 aliphatic rings. The minimum Gasteiger partial charge on any atom is -0.462 e. The molecule has 0 N–H and O–H groups in total. The van der Waals surface area contributed by atoms with E-state index in [1.54, 1.807) is 0 Å². The highest BCUT2D eigenvalue weighted by molar-refractivity contribution is 5.71. The predicted octanol–water partition coefficient (Wildman–Crippen LogP) is 14.0. The highest BCUT2D eigenvalue weighted by atomic mass is 16.6. The molecule has 6 nitrogen and oxygen atoms in total. The maximum Gasteiger partial charge on any atom is 0.306 e. The monoisotopic (exact) mass is 775 g/mol. The second-order valence-electron chi connectivity index (χ2n) is 14.0. The largest absolute Gasteiger partial charge is 0.462 e. The van der Waals surface area contributed by atoms with E-state index in [1.165, 1.54) is 38.5 Å². The van der Waals surface area contributed by atoms with E-state index in [4.69, 9.17) is 14.2 Å². The third kappa shape index (κ3) is 41.2. The summed E-state index contributed by atoms with van der Waals surface area (Å²) in [6.45, 7) is 6.24. The SMILES string of the molecule is CC\C=C/C=C\C=C/C=C\C=C\C=C/CCCCCC(=O)OCC(COC(=O)CCCCCCCCCCC)OC(=O)CCCC/C=C\C/C=C\C/C=C\CC. The van der Waals surface area contributed by atoms with Crippen LogP contribution in [0.5, 0.6) is 0 Å². The van der Waals surface area contributed by atoms with Crippen molar-refractivity contribution in [2.45, 2.75) is 175 Å². The Morgan fingerprint density at radius 2 is 0.786 bits per heavy atom. The molecule has 0 heterocycles. The second kappa shape index (κ2) is 43.8. The van der Waals surface area contributed by atoms with Crippen LogP contribution in [0.15, 0.2) is 109 Å². The highest BCUT2D eigenvalue weighted by Gasteiger charge is 2.19. The Kier molecular flexibility index (Phi) is 40.7. The van der Waals surface area contributed by atoms with Gasteiger partial charge in [0.05, 0.1) is 0 Å². The summed E-state index contributed by atoms with van der Waals surface area (Å²) in [5.74, 6) is -1.01. The first kappa shape index (κ1) is 52.1. The minimum absolute atomic E-state index is 0.110. The molecular weight excluding hydrogens is 697 g/mol. The van der Waals surface area contributed by atoms with E-state index in [-0.39, 0.29) is 37.5 Å². The first-order chi connectivity index (χ1) is 27.5. The van der Waals surface area contributed by atoms with Gasteiger partial charge in [-0.25, -0.2) is 0 Å². The summed E-state index contributed by atoms with van der Waals surface area (Å²) in [6, 6.07) is 0. The van der Waals surface area contributed by atoms with Crippen LogP contribution in [0, 0.1) is 0 Å². The number of hydrogen-bond donors (Lipinski definition) is 0. The van der Waals surface area contributed by atoms with E-state index in [0.717, 1.165) is 83.5 Å². The quantitative estimate of drug-likeness (QED) is 0.0206. The van der Waals surface area contributed by atoms with Gasteiger partial charge in [-0.3, -0.25) is 14.4 Å². The molecule has 6 heteroatoms. The average Bonchev–Trinajstić information content (AvgIpc) is 3.19. The molecule has 0 aromatic heterocycles. The van der Waals surface area contributed by atoms with E-state index in [0.29, 0.717) is 19.3 Å². The van der Waals surface area contributed by atoms with Crippen LogP contribution in [-0.4, -0.2) is 37.2 Å². The fourth-order valence-corrected chi connectivity index (χ4v) is 5.43. The number of allylic oxidation sites excluding steroid dienone is 18. The van der Waals surface area contributed by atoms with Crippen LogP contribution in [-0.2, 0) is 28.6 Å². The van der Waals surface area contributed by atoms with Crippen LogP contribution < -0.4 is 0 Å². The number of esters is 3. The van der Waals surface area contributed by atoms with Crippen LogP contribution in [0.2, 0.25) is 0 Å². The van der Waals surface area contributed by atoms with Crippen molar-refractivity contribution in [3.05, 3.63) is 109 Å². The zero-order valence-corrected chi connectivity index (χ0v) is 35.6. The number of ether oxygens (including phenoxy) is 3. The zero-order chi connectivity index (χ0) is 40.8. The summed E-state index contributed by atoms with van der Waals surface area (Å²) in [6.07, 6.45) is 57.9. The van der Waals surface area contributed by atoms with E-state index in [9.17, 15) is 14.4 Å². The Morgan fingerprint density at radius 3 is 1.34 bits per heavy atom. The third-order valence-corrected chi connectivity index (χ3v) is 8.68. The second-order valence-corrected chi connectivity index (χ2v) is 14.0. The van der Waals surface area contributed by atoms with Crippen molar-refractivity contribution in [3.8, 4) is 0 Å². The molecule has 0 radical (unpaired) electrons. The van der Waals surface area contributed by atoms with Gasteiger partial charge in [-0.05, 0) is 70.6 Å². The van der Waals surface area contributed by atoms with Gasteiger partial charge in [0.2, 0.25) is 0 Å². The lowest BCUT2D eigenvalue weighted by molar-refractivity contribution is -0.167. The predicted molar refractivity (Wildman–Crippen MR) is 237 cm³/mol. The Hall–Kier alpha value is -3.93. The van der Waals surface area contributed by atoms with Crippen LogP contribution >= 0.6 is 0 Å². The van der Waals surface area contributed by atoms with Gasteiger partial charge in [0.1, 0.15) is 13.2 Å². The van der Waals surface area contributed by atoms with E-state index >= 15 is 0 Å². The summed E-state index contributed by atoms with van der Waals surface area (Å²) in [5, 5.41) is 0. The van der Waals surface area contributed by atoms with Crippen molar-refractivity contribution in [3.63, 3.8) is 0 Å². The topological polar surface area (TPSA) is 78.9 Å². The standard InChI is InChI=1S/C50H78O6/c1-4-7-10-13-16-19-21-23-24-25-26-27-29-31-34-37-40-43-49(52)55-46-47(45-54-48(51)42-39-36-33-30-18-15-12-9-6-3)56-50(53)44-41-38-35-32-28-22-20-17-14-11-8-5-2/h7-8,10-11,13,16-17,19-21,23-29,32,47H,4-6,9,12,14-15,18,22,30-31,33-46H2,1-3H3/b10-7-,11-8-,16-13-,20-17-,21-19-,24-23-,26-25+,29-27-,32-28-. The van der Waals surface area contributed by atoms with Gasteiger partial charge in [0.15, 0.2) is 6.10 Å². The number of carbonyl (C=O) groups is 3. The first-order valence-corrected chi connectivity index (χ1v) is 22.0. The van der Waals surface area contributed by atoms with Gasteiger partial charge in [0.25, 0.3) is 0 Å². The summed E-state index contributed by atoms with van der Waals surface area (Å²) in [5.41, 5.74) is 0. The van der Waals surface area contributed by atoms with Crippen molar-refractivity contribution in [2.24, 2.45) is 0 Å². The Balaban J connectivity index is 4.54. The summed E-state index contributed by atoms with van der Waals surface area (Å²) in [4.78, 5) is 37.6. The Labute approximate surface area is 342 Å². The molecule has 1 unspecified atom stereocenters. The Bertz CT molecular complexity index is 1210. The molecule has 314 valence electrons. The molecule has 0 bridgehead atoms. The molecule has 56 heavy (non-hydrogen) atoms. The molecule has 0 aliphatic carbocycles. The van der Waals surface area contributed by atoms with Crippen molar-refractivity contribution < 1.29 is 28.6 Å². The van der Waals surface area contributed by atoms with Crippen molar-refractivity contribution in [1.29, 1.82) is 0 Å². The molecule has 0 aromatic carbocycles. The molecule has 0 aromatic rings. The Morgan fingerprint density at radius 1 is 0.393 bits per heavy atom. The first-order valence-electron chi connectivity index (χ1n) is 22.0. The van der Waals surface area contributed by atoms with Gasteiger partial charge in [-0.15, -0.1) is 0 Å². The number of carbonyl (C=O) groups excluding carboxylic acids is 3. The molecule has 0 amide bonds. The lowest BCUT2D eigenvalue weighted by Crippen LogP contribution is -2.30. The zero-order valence-electron chi connectivity index (χ0n) is 35.6.